The van der Waals surface area contributed by atoms with Gasteiger partial charge in [0.05, 0.1) is 17.4 Å². The quantitative estimate of drug-likeness (QED) is 0.547. The molecule has 4 nitrogen and oxygen atoms in total. The molecule has 106 valence electrons. The van der Waals surface area contributed by atoms with E-state index in [2.05, 4.69) is 0 Å². The van der Waals surface area contributed by atoms with E-state index in [1.54, 1.807) is 18.2 Å². The van der Waals surface area contributed by atoms with E-state index in [4.69, 9.17) is 13.9 Å². The lowest BCUT2D eigenvalue weighted by atomic mass is 10.1. The van der Waals surface area contributed by atoms with Crippen LogP contribution in [0.15, 0.2) is 45.6 Å². The molecule has 1 saturated heterocycles. The van der Waals surface area contributed by atoms with Crippen molar-refractivity contribution in [2.24, 2.45) is 0 Å². The third-order valence-electron chi connectivity index (χ3n) is 3.64. The molecule has 2 aromatic carbocycles. The second-order valence-corrected chi connectivity index (χ2v) is 5.36. The molecule has 1 atom stereocenters. The van der Waals surface area contributed by atoms with Crippen molar-refractivity contribution < 1.29 is 13.9 Å². The Balaban J connectivity index is 1.84. The summed E-state index contributed by atoms with van der Waals surface area (Å²) in [6.07, 6.45) is 0.201. The van der Waals surface area contributed by atoms with E-state index >= 15 is 0 Å². The van der Waals surface area contributed by atoms with E-state index in [1.807, 2.05) is 25.1 Å². The summed E-state index contributed by atoms with van der Waals surface area (Å²) in [7, 11) is 0. The van der Waals surface area contributed by atoms with Crippen LogP contribution in [0.3, 0.4) is 0 Å². The Morgan fingerprint density at radius 1 is 1.14 bits per heavy atom. The van der Waals surface area contributed by atoms with Crippen molar-refractivity contribution in [1.82, 2.24) is 0 Å². The van der Waals surface area contributed by atoms with Gasteiger partial charge in [0, 0.05) is 6.07 Å². The smallest absolute Gasteiger partial charge is 0.200 e. The predicted molar refractivity (Wildman–Crippen MR) is 80.0 cm³/mol. The molecular weight excluding hydrogens is 268 g/mol. The van der Waals surface area contributed by atoms with Crippen LogP contribution in [0.25, 0.3) is 21.9 Å². The summed E-state index contributed by atoms with van der Waals surface area (Å²) in [6, 6.07) is 10.9. The van der Waals surface area contributed by atoms with Gasteiger partial charge in [0.1, 0.15) is 29.6 Å². The average molecular weight is 282 g/mol. The van der Waals surface area contributed by atoms with Crippen LogP contribution < -0.4 is 10.2 Å². The molecule has 1 aromatic heterocycles. The van der Waals surface area contributed by atoms with E-state index in [1.165, 1.54) is 0 Å². The first-order chi connectivity index (χ1) is 10.2. The highest BCUT2D eigenvalue weighted by Gasteiger charge is 2.23. The van der Waals surface area contributed by atoms with E-state index in [0.717, 1.165) is 12.2 Å². The van der Waals surface area contributed by atoms with Crippen LogP contribution in [0.2, 0.25) is 0 Å². The first-order valence-electron chi connectivity index (χ1n) is 6.92. The van der Waals surface area contributed by atoms with E-state index in [9.17, 15) is 4.79 Å². The van der Waals surface area contributed by atoms with Crippen molar-refractivity contribution in [1.29, 1.82) is 0 Å². The normalized spacial score (nSPS) is 17.3. The molecule has 0 aliphatic carbocycles. The van der Waals surface area contributed by atoms with Crippen molar-refractivity contribution >= 4 is 21.9 Å². The Kier molecular flexibility index (Phi) is 2.72. The van der Waals surface area contributed by atoms with Gasteiger partial charge in [0.25, 0.3) is 0 Å². The number of hydrogen-bond donors (Lipinski definition) is 0. The average Bonchev–Trinajstić information content (AvgIpc) is 3.30. The minimum absolute atomic E-state index is 0.00738. The monoisotopic (exact) mass is 282 g/mol. The summed E-state index contributed by atoms with van der Waals surface area (Å²) < 4.78 is 16.6. The molecule has 21 heavy (non-hydrogen) atoms. The van der Waals surface area contributed by atoms with E-state index < -0.39 is 0 Å². The third-order valence-corrected chi connectivity index (χ3v) is 3.64. The fourth-order valence-electron chi connectivity index (χ4n) is 2.39. The summed E-state index contributed by atoms with van der Waals surface area (Å²) >= 11 is 0. The van der Waals surface area contributed by atoms with Crippen molar-refractivity contribution in [3.05, 3.63) is 52.2 Å². The topological polar surface area (TPSA) is 52.0 Å². The SMILES string of the molecule is Cc1ccc2oc3cc(OCC4CO4)ccc3c(=O)c2c1. The maximum absolute atomic E-state index is 12.5. The molecule has 4 heteroatoms. The van der Waals surface area contributed by atoms with Crippen LogP contribution >= 0.6 is 0 Å². The molecule has 3 aromatic rings. The number of fused-ring (bicyclic) bond motifs is 2. The van der Waals surface area contributed by atoms with Gasteiger partial charge in [-0.1, -0.05) is 11.6 Å². The molecule has 0 spiro atoms. The van der Waals surface area contributed by atoms with Gasteiger partial charge in [-0.25, -0.2) is 0 Å². The first-order valence-corrected chi connectivity index (χ1v) is 6.92. The van der Waals surface area contributed by atoms with E-state index in [-0.39, 0.29) is 11.5 Å². The first kappa shape index (κ1) is 12.4. The fourth-order valence-corrected chi connectivity index (χ4v) is 2.39. The van der Waals surface area contributed by atoms with Gasteiger partial charge in [0.2, 0.25) is 5.43 Å². The molecule has 0 bridgehead atoms. The zero-order chi connectivity index (χ0) is 14.4. The summed E-state index contributed by atoms with van der Waals surface area (Å²) in [5, 5.41) is 1.19. The Morgan fingerprint density at radius 2 is 2.00 bits per heavy atom. The van der Waals surface area contributed by atoms with Crippen molar-refractivity contribution in [2.75, 3.05) is 13.2 Å². The molecule has 2 heterocycles. The zero-order valence-electron chi connectivity index (χ0n) is 11.6. The van der Waals surface area contributed by atoms with Crippen LogP contribution in [0.5, 0.6) is 5.75 Å². The Labute approximate surface area is 120 Å². The number of hydrogen-bond acceptors (Lipinski definition) is 4. The molecule has 1 aliphatic heterocycles. The second kappa shape index (κ2) is 4.60. The summed E-state index contributed by atoms with van der Waals surface area (Å²) in [5.41, 5.74) is 2.18. The highest BCUT2D eigenvalue weighted by Crippen LogP contribution is 2.24. The van der Waals surface area contributed by atoms with Crippen LogP contribution in [0, 0.1) is 6.92 Å². The molecule has 1 unspecified atom stereocenters. The van der Waals surface area contributed by atoms with Gasteiger partial charge < -0.3 is 13.9 Å². The number of rotatable bonds is 3. The highest BCUT2D eigenvalue weighted by molar-refractivity contribution is 5.90. The summed E-state index contributed by atoms with van der Waals surface area (Å²) in [4.78, 5) is 12.5. The van der Waals surface area contributed by atoms with Crippen LogP contribution in [-0.4, -0.2) is 19.3 Å². The number of ether oxygens (including phenoxy) is 2. The van der Waals surface area contributed by atoms with Gasteiger partial charge >= 0.3 is 0 Å². The van der Waals surface area contributed by atoms with Crippen LogP contribution in [-0.2, 0) is 4.74 Å². The largest absolute Gasteiger partial charge is 0.491 e. The van der Waals surface area contributed by atoms with Crippen molar-refractivity contribution in [2.45, 2.75) is 13.0 Å². The Morgan fingerprint density at radius 3 is 2.81 bits per heavy atom. The molecule has 1 fully saturated rings. The minimum atomic E-state index is -0.00738. The predicted octanol–water partition coefficient (Wildman–Crippen LogP) is 3.03. The summed E-state index contributed by atoms with van der Waals surface area (Å²) in [6.45, 7) is 3.25. The molecule has 0 amide bonds. The van der Waals surface area contributed by atoms with Crippen LogP contribution in [0.1, 0.15) is 5.56 Å². The molecule has 0 saturated carbocycles. The fraction of sp³-hybridized carbons (Fsp3) is 0.235. The van der Waals surface area contributed by atoms with Gasteiger partial charge in [-0.2, -0.15) is 0 Å². The van der Waals surface area contributed by atoms with Gasteiger partial charge in [0.15, 0.2) is 0 Å². The highest BCUT2D eigenvalue weighted by atomic mass is 16.6. The Hall–Kier alpha value is -2.33. The van der Waals surface area contributed by atoms with Gasteiger partial charge in [-0.3, -0.25) is 4.79 Å². The molecular formula is C17H14O4. The standard InChI is InChI=1S/C17H14O4/c1-10-2-5-15-14(6-10)17(18)13-4-3-11(7-16(13)21-15)19-8-12-9-20-12/h2-7,12H,8-9H2,1H3. The second-order valence-electron chi connectivity index (χ2n) is 5.36. The van der Waals surface area contributed by atoms with Crippen molar-refractivity contribution in [3.63, 3.8) is 0 Å². The van der Waals surface area contributed by atoms with Crippen LogP contribution in [0.4, 0.5) is 0 Å². The molecule has 4 rings (SSSR count). The Bertz CT molecular complexity index is 890. The third kappa shape index (κ3) is 2.28. The zero-order valence-corrected chi connectivity index (χ0v) is 11.6. The van der Waals surface area contributed by atoms with Gasteiger partial charge in [-0.15, -0.1) is 0 Å². The number of benzene rings is 2. The lowest BCUT2D eigenvalue weighted by Gasteiger charge is -2.06. The molecule has 1 aliphatic rings. The number of epoxide rings is 1. The van der Waals surface area contributed by atoms with Crippen molar-refractivity contribution in [3.8, 4) is 5.75 Å². The minimum Gasteiger partial charge on any atom is -0.491 e. The molecule has 0 radical (unpaired) electrons. The number of aryl methyl sites for hydroxylation is 1. The van der Waals surface area contributed by atoms with E-state index in [0.29, 0.717) is 34.3 Å². The molecule has 0 N–H and O–H groups in total. The summed E-state index contributed by atoms with van der Waals surface area (Å²) in [5.74, 6) is 0.688. The maximum Gasteiger partial charge on any atom is 0.200 e. The lowest BCUT2D eigenvalue weighted by molar-refractivity contribution is 0.263. The lowest BCUT2D eigenvalue weighted by Crippen LogP contribution is -2.05. The van der Waals surface area contributed by atoms with Gasteiger partial charge in [-0.05, 0) is 31.2 Å². The maximum atomic E-state index is 12.5.